The van der Waals surface area contributed by atoms with Crippen LogP contribution >= 0.6 is 0 Å². The Kier molecular flexibility index (Phi) is 2.89. The summed E-state index contributed by atoms with van der Waals surface area (Å²) < 4.78 is 0. The zero-order valence-electron chi connectivity index (χ0n) is 7.72. The second-order valence-corrected chi connectivity index (χ2v) is 3.64. The van der Waals surface area contributed by atoms with Gasteiger partial charge in [0.25, 0.3) is 0 Å². The number of H-pyrrole nitrogens is 1. The van der Waals surface area contributed by atoms with Crippen LogP contribution in [0.3, 0.4) is 0 Å². The van der Waals surface area contributed by atoms with Crippen molar-refractivity contribution in [1.29, 1.82) is 0 Å². The van der Waals surface area contributed by atoms with Gasteiger partial charge < -0.3 is 16.0 Å². The number of nitrogens with one attached hydrogen (secondary N) is 2. The van der Waals surface area contributed by atoms with Crippen LogP contribution in [0.25, 0.3) is 0 Å². The number of hydrogen-bond donors (Lipinski definition) is 3. The Morgan fingerprint density at radius 1 is 1.58 bits per heavy atom. The van der Waals surface area contributed by atoms with Gasteiger partial charge in [-0.05, 0) is 26.0 Å². The van der Waals surface area contributed by atoms with Crippen LogP contribution in [0.15, 0.2) is 18.3 Å². The lowest BCUT2D eigenvalue weighted by Gasteiger charge is -2.23. The van der Waals surface area contributed by atoms with Gasteiger partial charge in [-0.3, -0.25) is 0 Å². The molecule has 0 unspecified atom stereocenters. The van der Waals surface area contributed by atoms with Crippen LogP contribution in [0.1, 0.15) is 19.5 Å². The molecule has 3 heteroatoms. The minimum Gasteiger partial charge on any atom is -0.364 e. The monoisotopic (exact) mass is 167 g/mol. The second kappa shape index (κ2) is 3.74. The zero-order chi connectivity index (χ0) is 9.03. The second-order valence-electron chi connectivity index (χ2n) is 3.64. The molecule has 1 rings (SSSR count). The standard InChI is InChI=1S/C9H17N3/c1-9(2,7-10)12-6-8-4-3-5-11-8/h3-5,11-12H,6-7,10H2,1-2H3. The summed E-state index contributed by atoms with van der Waals surface area (Å²) in [5.74, 6) is 0. The molecule has 0 saturated heterocycles. The molecule has 0 aliphatic carbocycles. The minimum absolute atomic E-state index is 0.0190. The van der Waals surface area contributed by atoms with Crippen LogP contribution in [-0.4, -0.2) is 17.1 Å². The Morgan fingerprint density at radius 3 is 2.83 bits per heavy atom. The van der Waals surface area contributed by atoms with E-state index in [-0.39, 0.29) is 5.54 Å². The molecule has 0 fully saturated rings. The smallest absolute Gasteiger partial charge is 0.0362 e. The van der Waals surface area contributed by atoms with E-state index in [9.17, 15) is 0 Å². The van der Waals surface area contributed by atoms with Gasteiger partial charge in [-0.1, -0.05) is 0 Å². The average molecular weight is 167 g/mol. The molecular weight excluding hydrogens is 150 g/mol. The van der Waals surface area contributed by atoms with E-state index in [1.165, 1.54) is 5.69 Å². The summed E-state index contributed by atoms with van der Waals surface area (Å²) in [5, 5.41) is 3.35. The Bertz CT molecular complexity index is 214. The summed E-state index contributed by atoms with van der Waals surface area (Å²) >= 11 is 0. The lowest BCUT2D eigenvalue weighted by molar-refractivity contribution is 0.394. The van der Waals surface area contributed by atoms with Gasteiger partial charge in [-0.25, -0.2) is 0 Å². The third kappa shape index (κ3) is 2.68. The minimum atomic E-state index is 0.0190. The number of aromatic nitrogens is 1. The van der Waals surface area contributed by atoms with Crippen LogP contribution in [-0.2, 0) is 6.54 Å². The molecule has 1 heterocycles. The predicted octanol–water partition coefficient (Wildman–Crippen LogP) is 0.842. The van der Waals surface area contributed by atoms with Gasteiger partial charge in [0.15, 0.2) is 0 Å². The lowest BCUT2D eigenvalue weighted by Crippen LogP contribution is -2.45. The van der Waals surface area contributed by atoms with Crippen molar-refractivity contribution in [3.05, 3.63) is 24.0 Å². The van der Waals surface area contributed by atoms with E-state index in [0.717, 1.165) is 6.54 Å². The average Bonchev–Trinajstić information content (AvgIpc) is 2.53. The third-order valence-electron chi connectivity index (χ3n) is 1.93. The van der Waals surface area contributed by atoms with Gasteiger partial charge in [0.2, 0.25) is 0 Å². The summed E-state index contributed by atoms with van der Waals surface area (Å²) in [4.78, 5) is 3.13. The van der Waals surface area contributed by atoms with Crippen molar-refractivity contribution < 1.29 is 0 Å². The summed E-state index contributed by atoms with van der Waals surface area (Å²) in [5.41, 5.74) is 6.78. The first-order valence-corrected chi connectivity index (χ1v) is 4.21. The molecule has 0 spiro atoms. The van der Waals surface area contributed by atoms with Gasteiger partial charge in [-0.2, -0.15) is 0 Å². The van der Waals surface area contributed by atoms with Crippen LogP contribution < -0.4 is 11.1 Å². The normalized spacial score (nSPS) is 11.9. The molecule has 0 atom stereocenters. The van der Waals surface area contributed by atoms with Gasteiger partial charge in [-0.15, -0.1) is 0 Å². The molecule has 0 aliphatic rings. The molecule has 68 valence electrons. The van der Waals surface area contributed by atoms with Crippen molar-refractivity contribution in [2.75, 3.05) is 6.54 Å². The zero-order valence-corrected chi connectivity index (χ0v) is 7.72. The van der Waals surface area contributed by atoms with E-state index in [1.807, 2.05) is 12.3 Å². The highest BCUT2D eigenvalue weighted by Crippen LogP contribution is 2.01. The van der Waals surface area contributed by atoms with E-state index >= 15 is 0 Å². The summed E-state index contributed by atoms with van der Waals surface area (Å²) in [6.07, 6.45) is 1.92. The fourth-order valence-corrected chi connectivity index (χ4v) is 0.884. The Labute approximate surface area is 73.4 Å². The number of aromatic amines is 1. The molecule has 0 amide bonds. The van der Waals surface area contributed by atoms with Crippen LogP contribution in [0.5, 0.6) is 0 Å². The molecule has 0 aliphatic heterocycles. The molecule has 4 N–H and O–H groups in total. The van der Waals surface area contributed by atoms with E-state index in [1.54, 1.807) is 0 Å². The number of rotatable bonds is 4. The van der Waals surface area contributed by atoms with Gasteiger partial charge >= 0.3 is 0 Å². The predicted molar refractivity (Wildman–Crippen MR) is 50.8 cm³/mol. The van der Waals surface area contributed by atoms with Crippen molar-refractivity contribution in [1.82, 2.24) is 10.3 Å². The van der Waals surface area contributed by atoms with Crippen molar-refractivity contribution in [3.8, 4) is 0 Å². The first-order chi connectivity index (χ1) is 5.64. The van der Waals surface area contributed by atoms with E-state index in [0.29, 0.717) is 6.54 Å². The fourth-order valence-electron chi connectivity index (χ4n) is 0.884. The van der Waals surface area contributed by atoms with Crippen molar-refractivity contribution in [3.63, 3.8) is 0 Å². The Morgan fingerprint density at radius 2 is 2.33 bits per heavy atom. The van der Waals surface area contributed by atoms with Gasteiger partial charge in [0, 0.05) is 30.5 Å². The highest BCUT2D eigenvalue weighted by Gasteiger charge is 2.13. The Balaban J connectivity index is 2.36. The van der Waals surface area contributed by atoms with E-state index in [2.05, 4.69) is 30.2 Å². The van der Waals surface area contributed by atoms with E-state index < -0.39 is 0 Å². The molecule has 3 nitrogen and oxygen atoms in total. The largest absolute Gasteiger partial charge is 0.364 e. The summed E-state index contributed by atoms with van der Waals surface area (Å²) in [6, 6.07) is 4.05. The molecule has 0 bridgehead atoms. The lowest BCUT2D eigenvalue weighted by atomic mass is 10.1. The Hall–Kier alpha value is -0.800. The third-order valence-corrected chi connectivity index (χ3v) is 1.93. The topological polar surface area (TPSA) is 53.8 Å². The molecule has 1 aromatic rings. The molecule has 0 aromatic carbocycles. The fraction of sp³-hybridized carbons (Fsp3) is 0.556. The number of nitrogens with two attached hydrogens (primary N) is 1. The van der Waals surface area contributed by atoms with Gasteiger partial charge in [0.05, 0.1) is 0 Å². The first kappa shape index (κ1) is 9.29. The number of hydrogen-bond acceptors (Lipinski definition) is 2. The molecular formula is C9H17N3. The quantitative estimate of drug-likeness (QED) is 0.622. The van der Waals surface area contributed by atoms with Crippen LogP contribution in [0, 0.1) is 0 Å². The van der Waals surface area contributed by atoms with Crippen LogP contribution in [0.4, 0.5) is 0 Å². The molecule has 1 aromatic heterocycles. The summed E-state index contributed by atoms with van der Waals surface area (Å²) in [7, 11) is 0. The van der Waals surface area contributed by atoms with Crippen molar-refractivity contribution in [2.24, 2.45) is 5.73 Å². The maximum absolute atomic E-state index is 5.57. The van der Waals surface area contributed by atoms with Crippen molar-refractivity contribution in [2.45, 2.75) is 25.9 Å². The molecule has 12 heavy (non-hydrogen) atoms. The summed E-state index contributed by atoms with van der Waals surface area (Å²) in [6.45, 7) is 5.68. The van der Waals surface area contributed by atoms with Gasteiger partial charge in [0.1, 0.15) is 0 Å². The highest BCUT2D eigenvalue weighted by molar-refractivity contribution is 5.03. The SMILES string of the molecule is CC(C)(CN)NCc1ccc[nH]1. The molecule has 0 radical (unpaired) electrons. The first-order valence-electron chi connectivity index (χ1n) is 4.21. The van der Waals surface area contributed by atoms with Crippen LogP contribution in [0.2, 0.25) is 0 Å². The molecule has 0 saturated carbocycles. The van der Waals surface area contributed by atoms with Crippen molar-refractivity contribution >= 4 is 0 Å². The maximum Gasteiger partial charge on any atom is 0.0362 e. The maximum atomic E-state index is 5.57. The van der Waals surface area contributed by atoms with E-state index in [4.69, 9.17) is 5.73 Å². The highest BCUT2D eigenvalue weighted by atomic mass is 15.0.